The number of anilines is 1. The van der Waals surface area contributed by atoms with Gasteiger partial charge in [0.15, 0.2) is 12.4 Å². The molecule has 9 heteroatoms. The lowest BCUT2D eigenvalue weighted by molar-refractivity contribution is -0.124. The Morgan fingerprint density at radius 2 is 1.57 bits per heavy atom. The first-order valence-corrected chi connectivity index (χ1v) is 16.7. The summed E-state index contributed by atoms with van der Waals surface area (Å²) in [6.07, 6.45) is 6.14. The van der Waals surface area contributed by atoms with Crippen LogP contribution in [0.25, 0.3) is 22.2 Å². The molecule has 47 heavy (non-hydrogen) atoms. The first-order valence-electron chi connectivity index (χ1n) is 15.9. The molecule has 0 N–H and O–H groups in total. The summed E-state index contributed by atoms with van der Waals surface area (Å²) in [6.45, 7) is 1.59. The van der Waals surface area contributed by atoms with Crippen molar-refractivity contribution in [3.8, 4) is 17.0 Å². The van der Waals surface area contributed by atoms with Gasteiger partial charge in [-0.05, 0) is 96.7 Å². The molecule has 2 amide bonds. The minimum Gasteiger partial charge on any atom is -0.497 e. The summed E-state index contributed by atoms with van der Waals surface area (Å²) in [7, 11) is 1.55. The molecule has 2 saturated carbocycles. The number of benzene rings is 3. The van der Waals surface area contributed by atoms with E-state index in [1.165, 1.54) is 4.90 Å². The monoisotopic (exact) mass is 690 g/mol. The van der Waals surface area contributed by atoms with Crippen molar-refractivity contribution in [3.63, 3.8) is 0 Å². The van der Waals surface area contributed by atoms with Crippen LogP contribution in [0.2, 0.25) is 0 Å². The molecule has 2 bridgehead atoms. The zero-order valence-corrected chi connectivity index (χ0v) is 27.4. The molecule has 1 aromatic heterocycles. The van der Waals surface area contributed by atoms with Gasteiger partial charge in [0.1, 0.15) is 5.75 Å². The maximum Gasteiger partial charge on any atom is 0.339 e. The first-order chi connectivity index (χ1) is 22.8. The van der Waals surface area contributed by atoms with Gasteiger partial charge in [0.05, 0.1) is 41.4 Å². The second kappa shape index (κ2) is 11.3. The third-order valence-corrected chi connectivity index (χ3v) is 10.8. The summed E-state index contributed by atoms with van der Waals surface area (Å²) in [5.74, 6) is 0.315. The smallest absolute Gasteiger partial charge is 0.339 e. The number of amides is 2. The molecule has 6 unspecified atom stereocenters. The van der Waals surface area contributed by atoms with Crippen molar-refractivity contribution < 1.29 is 28.7 Å². The molecule has 9 rings (SSSR count). The van der Waals surface area contributed by atoms with E-state index in [9.17, 15) is 19.2 Å². The highest BCUT2D eigenvalue weighted by Gasteiger charge is 2.67. The van der Waals surface area contributed by atoms with E-state index in [0.717, 1.165) is 16.5 Å². The van der Waals surface area contributed by atoms with Crippen LogP contribution in [0.4, 0.5) is 5.69 Å². The number of rotatable bonds is 8. The number of carbonyl (C=O) groups is 4. The van der Waals surface area contributed by atoms with Crippen molar-refractivity contribution in [2.75, 3.05) is 18.6 Å². The molecule has 1 saturated heterocycles. The Kier molecular flexibility index (Phi) is 7.13. The van der Waals surface area contributed by atoms with E-state index in [1.54, 1.807) is 49.6 Å². The van der Waals surface area contributed by atoms with Gasteiger partial charge in [-0.2, -0.15) is 0 Å². The van der Waals surface area contributed by atoms with Crippen LogP contribution in [0, 0.1) is 35.5 Å². The number of halogens is 1. The summed E-state index contributed by atoms with van der Waals surface area (Å²) in [5, 5.41) is 0.607. The molecule has 1 aliphatic heterocycles. The number of fused-ring (bicyclic) bond motifs is 1. The number of allylic oxidation sites excluding steroid dienone is 2. The number of esters is 1. The largest absolute Gasteiger partial charge is 0.497 e. The molecule has 4 aromatic rings. The molecule has 3 aromatic carbocycles. The van der Waals surface area contributed by atoms with E-state index in [2.05, 4.69) is 28.1 Å². The number of Topliss-reactive ketones (excluding diaryl/α,β-unsaturated/α-hetero) is 1. The van der Waals surface area contributed by atoms with E-state index in [1.807, 2.05) is 31.2 Å². The molecule has 4 aliphatic carbocycles. The molecule has 0 radical (unpaired) electrons. The molecule has 3 fully saturated rings. The zero-order chi connectivity index (χ0) is 32.6. The molecular weight excluding hydrogens is 660 g/mol. The van der Waals surface area contributed by atoms with Crippen molar-refractivity contribution in [2.24, 2.45) is 35.5 Å². The molecule has 6 atom stereocenters. The lowest BCUT2D eigenvalue weighted by Gasteiger charge is -2.37. The fraction of sp³-hybridized carbons (Fsp3) is 0.289. The molecule has 236 valence electrons. The van der Waals surface area contributed by atoms with Gasteiger partial charge in [0, 0.05) is 21.0 Å². The van der Waals surface area contributed by atoms with Crippen LogP contribution in [0.3, 0.4) is 0 Å². The van der Waals surface area contributed by atoms with Gasteiger partial charge in [-0.15, -0.1) is 0 Å². The van der Waals surface area contributed by atoms with Crippen LogP contribution < -0.4 is 9.64 Å². The zero-order valence-electron chi connectivity index (χ0n) is 25.8. The van der Waals surface area contributed by atoms with Crippen LogP contribution in [0.5, 0.6) is 5.75 Å². The number of aryl methyl sites for hydroxylation is 1. The van der Waals surface area contributed by atoms with E-state index >= 15 is 0 Å². The summed E-state index contributed by atoms with van der Waals surface area (Å²) >= 11 is 3.56. The summed E-state index contributed by atoms with van der Waals surface area (Å²) < 4.78 is 11.5. The quantitative estimate of drug-likeness (QED) is 0.0864. The topological polar surface area (TPSA) is 103 Å². The lowest BCUT2D eigenvalue weighted by Crippen LogP contribution is -2.40. The van der Waals surface area contributed by atoms with E-state index in [4.69, 9.17) is 14.5 Å². The molecule has 0 spiro atoms. The number of carbonyl (C=O) groups excluding carboxylic acids is 4. The van der Waals surface area contributed by atoms with Crippen LogP contribution in [0.15, 0.2) is 83.4 Å². The van der Waals surface area contributed by atoms with Crippen molar-refractivity contribution in [1.29, 1.82) is 0 Å². The Hall–Kier alpha value is -4.63. The van der Waals surface area contributed by atoms with Crippen molar-refractivity contribution in [1.82, 2.24) is 4.98 Å². The standard InChI is InChI=1S/C38H31BrN2O6/c1-3-19-14-22(39)15-29-30(38(45)47-18-32(42)21-6-10-24(46-2)11-7-21)17-31(40-35(19)29)20-4-8-23(9-5-20)41-36(43)33-25-12-13-26(28-16-27(25)28)34(33)37(41)44/h4-15,17,25-28,33-34H,3,16,18H2,1-2H3. The van der Waals surface area contributed by atoms with Crippen LogP contribution >= 0.6 is 15.9 Å². The van der Waals surface area contributed by atoms with Crippen molar-refractivity contribution >= 4 is 56.1 Å². The average Bonchev–Trinajstić information content (AvgIpc) is 3.88. The number of methoxy groups -OCH3 is 1. The van der Waals surface area contributed by atoms with Gasteiger partial charge in [-0.3, -0.25) is 19.3 Å². The fourth-order valence-corrected chi connectivity index (χ4v) is 8.51. The fourth-order valence-electron chi connectivity index (χ4n) is 8.01. The number of ether oxygens (including phenoxy) is 2. The Morgan fingerprint density at radius 3 is 2.19 bits per heavy atom. The number of hydrogen-bond donors (Lipinski definition) is 0. The summed E-state index contributed by atoms with van der Waals surface area (Å²) in [6, 6.07) is 19.3. The Morgan fingerprint density at radius 1 is 0.915 bits per heavy atom. The molecule has 8 nitrogen and oxygen atoms in total. The number of nitrogens with zero attached hydrogens (tertiary/aromatic N) is 2. The molecule has 2 heterocycles. The first kappa shape index (κ1) is 29.8. The second-order valence-electron chi connectivity index (χ2n) is 12.8. The lowest BCUT2D eigenvalue weighted by atomic mass is 9.63. The summed E-state index contributed by atoms with van der Waals surface area (Å²) in [4.78, 5) is 60.0. The van der Waals surface area contributed by atoms with E-state index in [-0.39, 0.29) is 46.8 Å². The van der Waals surface area contributed by atoms with Crippen LogP contribution in [-0.4, -0.2) is 42.3 Å². The van der Waals surface area contributed by atoms with Gasteiger partial charge in [0.2, 0.25) is 11.8 Å². The minimum absolute atomic E-state index is 0.103. The number of hydrogen-bond acceptors (Lipinski definition) is 7. The number of pyridine rings is 1. The highest BCUT2D eigenvalue weighted by atomic mass is 79.9. The van der Waals surface area contributed by atoms with E-state index < -0.39 is 12.6 Å². The minimum atomic E-state index is -0.644. The summed E-state index contributed by atoms with van der Waals surface area (Å²) in [5.41, 5.74) is 4.07. The van der Waals surface area contributed by atoms with Gasteiger partial charge in [-0.1, -0.05) is 47.1 Å². The number of imide groups is 1. The van der Waals surface area contributed by atoms with Crippen molar-refractivity contribution in [2.45, 2.75) is 19.8 Å². The number of aromatic nitrogens is 1. The Balaban J connectivity index is 1.09. The Bertz CT molecular complexity index is 1980. The number of ketones is 1. The van der Waals surface area contributed by atoms with Crippen LogP contribution in [-0.2, 0) is 20.7 Å². The Labute approximate surface area is 279 Å². The predicted octanol–water partition coefficient (Wildman–Crippen LogP) is 6.83. The third-order valence-electron chi connectivity index (χ3n) is 10.4. The highest BCUT2D eigenvalue weighted by Crippen LogP contribution is 2.65. The van der Waals surface area contributed by atoms with Gasteiger partial charge >= 0.3 is 5.97 Å². The van der Waals surface area contributed by atoms with Gasteiger partial charge in [0.25, 0.3) is 0 Å². The molecule has 5 aliphatic rings. The normalized spacial score (nSPS) is 25.1. The van der Waals surface area contributed by atoms with Gasteiger partial charge < -0.3 is 9.47 Å². The predicted molar refractivity (Wildman–Crippen MR) is 179 cm³/mol. The third kappa shape index (κ3) is 4.82. The van der Waals surface area contributed by atoms with Crippen molar-refractivity contribution in [3.05, 3.63) is 100 Å². The van der Waals surface area contributed by atoms with Crippen LogP contribution in [0.1, 0.15) is 39.6 Å². The SMILES string of the molecule is CCc1cc(Br)cc2c(C(=O)OCC(=O)c3ccc(OC)cc3)cc(-c3ccc(N4C(=O)C5C6C=CC(C7CC67)C5C4=O)cc3)nc12. The maximum absolute atomic E-state index is 13.6. The second-order valence-corrected chi connectivity index (χ2v) is 13.7. The van der Waals surface area contributed by atoms with Gasteiger partial charge in [-0.25, -0.2) is 9.78 Å². The maximum atomic E-state index is 13.6. The highest BCUT2D eigenvalue weighted by molar-refractivity contribution is 9.10. The average molecular weight is 692 g/mol. The molecular formula is C38H31BrN2O6. The van der Waals surface area contributed by atoms with E-state index in [0.29, 0.717) is 57.4 Å².